The normalized spacial score (nSPS) is 17.2. The van der Waals surface area contributed by atoms with Crippen LogP contribution in [-0.2, 0) is 11.3 Å². The Morgan fingerprint density at radius 3 is 2.77 bits per heavy atom. The van der Waals surface area contributed by atoms with Crippen LogP contribution in [-0.4, -0.2) is 51.3 Å². The number of hydrogen-bond donors (Lipinski definition) is 1. The Morgan fingerprint density at radius 1 is 1.27 bits per heavy atom. The molecular weight excluding hydrogens is 392 g/mol. The van der Waals surface area contributed by atoms with E-state index in [4.69, 9.17) is 9.47 Å². The molecule has 2 aromatic rings. The number of alkyl halides is 2. The van der Waals surface area contributed by atoms with E-state index in [0.29, 0.717) is 26.2 Å². The zero-order valence-electron chi connectivity index (χ0n) is 17.4. The smallest absolute Gasteiger partial charge is 0.387 e. The van der Waals surface area contributed by atoms with E-state index in [2.05, 4.69) is 39.0 Å². The number of methoxy groups -OCH3 is 1. The van der Waals surface area contributed by atoms with E-state index in [0.717, 1.165) is 11.5 Å². The minimum atomic E-state index is -2.92. The fourth-order valence-electron chi connectivity index (χ4n) is 3.51. The lowest BCUT2D eigenvalue weighted by molar-refractivity contribution is -0.0512. The summed E-state index contributed by atoms with van der Waals surface area (Å²) in [5, 5.41) is 3.30. The molecule has 1 unspecified atom stereocenters. The summed E-state index contributed by atoms with van der Waals surface area (Å²) in [7, 11) is 3.14. The van der Waals surface area contributed by atoms with Crippen LogP contribution in [0.25, 0.3) is 0 Å². The van der Waals surface area contributed by atoms with Crippen molar-refractivity contribution in [3.8, 4) is 11.5 Å². The zero-order chi connectivity index (χ0) is 21.5. The maximum Gasteiger partial charge on any atom is 0.387 e. The Labute approximate surface area is 175 Å². The van der Waals surface area contributed by atoms with E-state index in [1.807, 2.05) is 12.1 Å². The SMILES string of the molecule is CN=C(NCc1ccc(OC)c(OC(F)F)c1)N1CCOC(c2ccccc2C)C1. The van der Waals surface area contributed by atoms with E-state index in [1.165, 1.54) is 18.2 Å². The van der Waals surface area contributed by atoms with Crippen molar-refractivity contribution in [2.45, 2.75) is 26.2 Å². The summed E-state index contributed by atoms with van der Waals surface area (Å²) in [6.45, 7) is 1.55. The number of hydrogen-bond acceptors (Lipinski definition) is 4. The molecule has 6 nitrogen and oxygen atoms in total. The van der Waals surface area contributed by atoms with Gasteiger partial charge < -0.3 is 24.4 Å². The molecule has 30 heavy (non-hydrogen) atoms. The lowest BCUT2D eigenvalue weighted by atomic mass is 10.0. The molecule has 1 aliphatic heterocycles. The monoisotopic (exact) mass is 419 g/mol. The van der Waals surface area contributed by atoms with Gasteiger partial charge in [-0.1, -0.05) is 30.3 Å². The largest absolute Gasteiger partial charge is 0.493 e. The van der Waals surface area contributed by atoms with Gasteiger partial charge in [-0.2, -0.15) is 8.78 Å². The molecule has 0 radical (unpaired) electrons. The molecule has 0 saturated carbocycles. The molecule has 0 bridgehead atoms. The Morgan fingerprint density at radius 2 is 2.07 bits per heavy atom. The van der Waals surface area contributed by atoms with Gasteiger partial charge in [0.15, 0.2) is 17.5 Å². The third-order valence-corrected chi connectivity index (χ3v) is 5.01. The van der Waals surface area contributed by atoms with Crippen LogP contribution in [0.4, 0.5) is 8.78 Å². The molecule has 3 rings (SSSR count). The molecule has 0 aliphatic carbocycles. The van der Waals surface area contributed by atoms with E-state index >= 15 is 0 Å². The number of aryl methyl sites for hydroxylation is 1. The molecule has 0 spiro atoms. The summed E-state index contributed by atoms with van der Waals surface area (Å²) < 4.78 is 40.9. The molecule has 0 amide bonds. The lowest BCUT2D eigenvalue weighted by Crippen LogP contribution is -2.48. The number of nitrogens with zero attached hydrogens (tertiary/aromatic N) is 2. The van der Waals surface area contributed by atoms with Crippen molar-refractivity contribution in [3.63, 3.8) is 0 Å². The first-order chi connectivity index (χ1) is 14.5. The van der Waals surface area contributed by atoms with Crippen LogP contribution >= 0.6 is 0 Å². The van der Waals surface area contributed by atoms with Gasteiger partial charge in [-0.15, -0.1) is 0 Å². The van der Waals surface area contributed by atoms with Crippen molar-refractivity contribution in [2.75, 3.05) is 33.9 Å². The average Bonchev–Trinajstić information content (AvgIpc) is 2.74. The standard InChI is InChI=1S/C22H27F2N3O3/c1-15-6-4-5-7-17(15)20-14-27(10-11-29-20)22(25-2)26-13-16-8-9-18(28-3)19(12-16)30-21(23)24/h4-9,12,20-21H,10-11,13-14H2,1-3H3,(H,25,26). The third kappa shape index (κ3) is 5.38. The van der Waals surface area contributed by atoms with Gasteiger partial charge in [-0.05, 0) is 35.7 Å². The van der Waals surface area contributed by atoms with Crippen LogP contribution in [0.2, 0.25) is 0 Å². The Bertz CT molecular complexity index is 876. The summed E-state index contributed by atoms with van der Waals surface area (Å²) in [6.07, 6.45) is -0.0365. The highest BCUT2D eigenvalue weighted by Crippen LogP contribution is 2.29. The van der Waals surface area contributed by atoms with Gasteiger partial charge >= 0.3 is 6.61 Å². The van der Waals surface area contributed by atoms with Crippen LogP contribution < -0.4 is 14.8 Å². The summed E-state index contributed by atoms with van der Waals surface area (Å²) in [6, 6.07) is 13.1. The van der Waals surface area contributed by atoms with Gasteiger partial charge in [0, 0.05) is 20.1 Å². The fourth-order valence-corrected chi connectivity index (χ4v) is 3.51. The van der Waals surface area contributed by atoms with Crippen molar-refractivity contribution in [1.29, 1.82) is 0 Å². The second-order valence-corrected chi connectivity index (χ2v) is 6.93. The van der Waals surface area contributed by atoms with Crippen LogP contribution in [0.3, 0.4) is 0 Å². The van der Waals surface area contributed by atoms with Crippen molar-refractivity contribution in [2.24, 2.45) is 4.99 Å². The number of aliphatic imine (C=N–C) groups is 1. The number of rotatable bonds is 6. The number of benzene rings is 2. The van der Waals surface area contributed by atoms with Crippen molar-refractivity contribution < 1.29 is 23.0 Å². The summed E-state index contributed by atoms with van der Waals surface area (Å²) >= 11 is 0. The number of halogens is 2. The minimum Gasteiger partial charge on any atom is -0.493 e. The van der Waals surface area contributed by atoms with Crippen LogP contribution in [0, 0.1) is 6.92 Å². The minimum absolute atomic E-state index is 0.00720. The molecule has 1 fully saturated rings. The summed E-state index contributed by atoms with van der Waals surface area (Å²) in [5.41, 5.74) is 3.13. The molecule has 162 valence electrons. The van der Waals surface area contributed by atoms with Crippen LogP contribution in [0.15, 0.2) is 47.5 Å². The molecular formula is C22H27F2N3O3. The quantitative estimate of drug-likeness (QED) is 0.571. The van der Waals surface area contributed by atoms with Crippen molar-refractivity contribution >= 4 is 5.96 Å². The van der Waals surface area contributed by atoms with Gasteiger partial charge in [-0.3, -0.25) is 4.99 Å². The van der Waals surface area contributed by atoms with Crippen molar-refractivity contribution in [1.82, 2.24) is 10.2 Å². The first kappa shape index (κ1) is 21.8. The summed E-state index contributed by atoms with van der Waals surface area (Å²) in [4.78, 5) is 6.52. The zero-order valence-corrected chi connectivity index (χ0v) is 17.4. The van der Waals surface area contributed by atoms with Crippen LogP contribution in [0.1, 0.15) is 22.8 Å². The number of morpholine rings is 1. The first-order valence-corrected chi connectivity index (χ1v) is 9.76. The second kappa shape index (κ2) is 10.2. The average molecular weight is 419 g/mol. The van der Waals surface area contributed by atoms with Gasteiger partial charge in [0.2, 0.25) is 0 Å². The van der Waals surface area contributed by atoms with E-state index < -0.39 is 6.61 Å². The molecule has 2 aromatic carbocycles. The highest BCUT2D eigenvalue weighted by atomic mass is 19.3. The second-order valence-electron chi connectivity index (χ2n) is 6.93. The first-order valence-electron chi connectivity index (χ1n) is 9.76. The Kier molecular flexibility index (Phi) is 7.46. The maximum absolute atomic E-state index is 12.7. The van der Waals surface area contributed by atoms with E-state index in [-0.39, 0.29) is 17.6 Å². The molecule has 8 heteroatoms. The van der Waals surface area contributed by atoms with Crippen molar-refractivity contribution in [3.05, 3.63) is 59.2 Å². The Hall–Kier alpha value is -2.87. The topological polar surface area (TPSA) is 55.3 Å². The predicted molar refractivity (Wildman–Crippen MR) is 111 cm³/mol. The molecule has 1 atom stereocenters. The third-order valence-electron chi connectivity index (χ3n) is 5.01. The maximum atomic E-state index is 12.7. The predicted octanol–water partition coefficient (Wildman–Crippen LogP) is 3.75. The molecule has 1 N–H and O–H groups in total. The Balaban J connectivity index is 1.66. The highest BCUT2D eigenvalue weighted by molar-refractivity contribution is 5.80. The lowest BCUT2D eigenvalue weighted by Gasteiger charge is -2.35. The van der Waals surface area contributed by atoms with E-state index in [9.17, 15) is 8.78 Å². The molecule has 1 saturated heterocycles. The molecule has 1 heterocycles. The molecule has 0 aromatic heterocycles. The molecule has 1 aliphatic rings. The van der Waals surface area contributed by atoms with Gasteiger partial charge in [0.05, 0.1) is 20.3 Å². The van der Waals surface area contributed by atoms with Gasteiger partial charge in [0.25, 0.3) is 0 Å². The fraction of sp³-hybridized carbons (Fsp3) is 0.409. The number of ether oxygens (including phenoxy) is 3. The van der Waals surface area contributed by atoms with E-state index in [1.54, 1.807) is 25.2 Å². The van der Waals surface area contributed by atoms with Crippen LogP contribution in [0.5, 0.6) is 11.5 Å². The van der Waals surface area contributed by atoms with Gasteiger partial charge in [0.1, 0.15) is 6.10 Å². The summed E-state index contributed by atoms with van der Waals surface area (Å²) in [5.74, 6) is 0.995. The number of guanidine groups is 1. The van der Waals surface area contributed by atoms with Gasteiger partial charge in [-0.25, -0.2) is 0 Å². The highest BCUT2D eigenvalue weighted by Gasteiger charge is 2.25. The number of nitrogens with one attached hydrogen (secondary N) is 1.